The second-order valence-corrected chi connectivity index (χ2v) is 20.2. The fraction of sp³-hybridized carbons (Fsp3) is 0.538. The van der Waals surface area contributed by atoms with Crippen LogP contribution in [0.5, 0.6) is 5.75 Å². The van der Waals surface area contributed by atoms with Crippen LogP contribution >= 0.6 is 0 Å². The molecule has 3 rings (SSSR count). The molecule has 2 aromatic rings. The molecule has 2 aromatic carbocycles. The van der Waals surface area contributed by atoms with Gasteiger partial charge in [-0.15, -0.1) is 0 Å². The molecule has 1 aliphatic heterocycles. The van der Waals surface area contributed by atoms with Gasteiger partial charge in [-0.2, -0.15) is 0 Å². The number of carbonyl (C=O) groups excluding carboxylic acids is 11. The number of amides is 11. The summed E-state index contributed by atoms with van der Waals surface area (Å²) in [5, 5.41) is 61.0. The Morgan fingerprint density at radius 3 is 1.69 bits per heavy atom. The molecule has 0 saturated carbocycles. The number of benzene rings is 2. The van der Waals surface area contributed by atoms with E-state index >= 15 is 0 Å². The first kappa shape index (κ1) is 66.0. The van der Waals surface area contributed by atoms with E-state index in [9.17, 15) is 78.0 Å². The van der Waals surface area contributed by atoms with E-state index in [1.165, 1.54) is 44.7 Å². The zero-order valence-corrected chi connectivity index (χ0v) is 45.6. The zero-order chi connectivity index (χ0) is 60.1. The Morgan fingerprint density at radius 2 is 1.14 bits per heavy atom. The van der Waals surface area contributed by atoms with Crippen molar-refractivity contribution in [3.8, 4) is 5.75 Å². The number of aliphatic hydroxyl groups excluding tert-OH is 2. The molecule has 80 heavy (non-hydrogen) atoms. The third-order valence-electron chi connectivity index (χ3n) is 12.8. The number of phenols is 1. The maximum atomic E-state index is 14.0. The van der Waals surface area contributed by atoms with Gasteiger partial charge in [-0.1, -0.05) is 70.2 Å². The van der Waals surface area contributed by atoms with Crippen molar-refractivity contribution in [1.29, 1.82) is 0 Å². The standard InChI is InChI=1S/C52H76N12O16/c1-25(2)40(49(76)55-23-39(69)58-36(24-65)47(74)57-27(5)43(70)56-28(6)44(71)60-35(52(79)80)21-30-12-9-8-10-13-30)61-46(73)34(22-38(54)68)59-50(77)42(29(7)66)63-48(75)37-14-11-19-64(37)51(78)41(26(3)4)62-45(72)33(53)20-31-15-17-32(67)18-16-31/h8-10,12-13,15-18,25-29,33-37,40-42,65-67H,11,14,19-24,53H2,1-7H3,(H2,54,68)(H,55,76)(H,56,70)(H,57,74)(H,58,69)(H,59,77)(H,60,71)(H,61,73)(H,62,72)(H,63,75)(H,79,80)/t27-,28-,29+,33-,34-,35-,36-,37-,40-,41-,42-/m0/s1. The third kappa shape index (κ3) is 20.5. The van der Waals surface area contributed by atoms with Crippen LogP contribution in [0.25, 0.3) is 0 Å². The molecule has 11 amide bonds. The van der Waals surface area contributed by atoms with Gasteiger partial charge in [0, 0.05) is 13.0 Å². The summed E-state index contributed by atoms with van der Waals surface area (Å²) in [6.45, 7) is 8.34. The average Bonchev–Trinajstić information content (AvgIpc) is 3.89. The number of primary amides is 1. The lowest BCUT2D eigenvalue weighted by Crippen LogP contribution is -2.62. The first-order chi connectivity index (χ1) is 37.5. The maximum Gasteiger partial charge on any atom is 0.326 e. The summed E-state index contributed by atoms with van der Waals surface area (Å²) in [6.07, 6.45) is -1.91. The molecule has 0 aliphatic carbocycles. The first-order valence-electron chi connectivity index (χ1n) is 25.9. The Balaban J connectivity index is 1.59. The van der Waals surface area contributed by atoms with Gasteiger partial charge in [0.25, 0.3) is 0 Å². The molecule has 28 heteroatoms. The van der Waals surface area contributed by atoms with Gasteiger partial charge in [0.1, 0.15) is 60.1 Å². The van der Waals surface area contributed by atoms with Gasteiger partial charge in [0.05, 0.1) is 31.7 Å². The Bertz CT molecular complexity index is 2530. The van der Waals surface area contributed by atoms with E-state index in [1.54, 1.807) is 56.3 Å². The summed E-state index contributed by atoms with van der Waals surface area (Å²) in [6, 6.07) is 0.608. The van der Waals surface area contributed by atoms with Crippen LogP contribution < -0.4 is 59.3 Å². The maximum absolute atomic E-state index is 14.0. The molecule has 1 fully saturated rings. The van der Waals surface area contributed by atoms with Crippen LogP contribution in [0.3, 0.4) is 0 Å². The van der Waals surface area contributed by atoms with Crippen LogP contribution in [0.2, 0.25) is 0 Å². The molecule has 1 aliphatic rings. The van der Waals surface area contributed by atoms with Gasteiger partial charge >= 0.3 is 5.97 Å². The number of aromatic hydroxyl groups is 1. The van der Waals surface area contributed by atoms with Crippen molar-refractivity contribution in [1.82, 2.24) is 52.8 Å². The SMILES string of the molecule is CC(C)[C@H](NC(=O)[C@H](CC(N)=O)NC(=O)[C@@H](NC(=O)[C@@H]1CCCN1C(=O)[C@@H](NC(=O)[C@@H](N)Cc1ccc(O)cc1)C(C)C)[C@@H](C)O)C(=O)NCC(=O)N[C@@H](CO)C(=O)N[C@@H](C)C(=O)N[C@@H](C)C(=O)N[C@@H](Cc1ccccc1)C(=O)O. The molecule has 0 radical (unpaired) electrons. The minimum atomic E-state index is -1.79. The summed E-state index contributed by atoms with van der Waals surface area (Å²) >= 11 is 0. The van der Waals surface area contributed by atoms with E-state index in [0.717, 1.165) is 6.92 Å². The number of carbonyl (C=O) groups is 12. The largest absolute Gasteiger partial charge is 0.508 e. The molecule has 0 unspecified atom stereocenters. The average molecular weight is 1130 g/mol. The zero-order valence-electron chi connectivity index (χ0n) is 45.6. The normalized spacial score (nSPS) is 16.8. The molecule has 440 valence electrons. The minimum absolute atomic E-state index is 0.0271. The fourth-order valence-corrected chi connectivity index (χ4v) is 8.20. The monoisotopic (exact) mass is 1120 g/mol. The second-order valence-electron chi connectivity index (χ2n) is 20.2. The highest BCUT2D eigenvalue weighted by Gasteiger charge is 2.41. The summed E-state index contributed by atoms with van der Waals surface area (Å²) in [4.78, 5) is 159. The minimum Gasteiger partial charge on any atom is -0.508 e. The van der Waals surface area contributed by atoms with Crippen LogP contribution in [-0.2, 0) is 70.4 Å². The van der Waals surface area contributed by atoms with E-state index < -0.39 is 169 Å². The summed E-state index contributed by atoms with van der Waals surface area (Å²) in [5.41, 5.74) is 12.9. The number of aliphatic carboxylic acids is 1. The molecule has 1 heterocycles. The summed E-state index contributed by atoms with van der Waals surface area (Å²) in [5.74, 6) is -12.7. The highest BCUT2D eigenvalue weighted by Crippen LogP contribution is 2.21. The van der Waals surface area contributed by atoms with Gasteiger partial charge in [0.2, 0.25) is 65.0 Å². The lowest BCUT2D eigenvalue weighted by molar-refractivity contribution is -0.143. The van der Waals surface area contributed by atoms with Crippen LogP contribution in [0.1, 0.15) is 78.9 Å². The van der Waals surface area contributed by atoms with Crippen molar-refractivity contribution in [2.75, 3.05) is 19.7 Å². The number of nitrogens with two attached hydrogens (primary N) is 2. The van der Waals surface area contributed by atoms with Gasteiger partial charge in [-0.3, -0.25) is 52.7 Å². The highest BCUT2D eigenvalue weighted by atomic mass is 16.4. The van der Waals surface area contributed by atoms with Crippen LogP contribution in [0.15, 0.2) is 54.6 Å². The van der Waals surface area contributed by atoms with Crippen LogP contribution in [-0.4, -0.2) is 182 Å². The number of hydrogen-bond donors (Lipinski definition) is 15. The van der Waals surface area contributed by atoms with Crippen molar-refractivity contribution in [2.45, 2.75) is 147 Å². The van der Waals surface area contributed by atoms with Crippen molar-refractivity contribution in [3.63, 3.8) is 0 Å². The number of carboxylic acids is 1. The van der Waals surface area contributed by atoms with Crippen LogP contribution in [0.4, 0.5) is 0 Å². The second kappa shape index (κ2) is 31.4. The molecule has 28 nitrogen and oxygen atoms in total. The van der Waals surface area contributed by atoms with Gasteiger partial charge < -0.3 is 84.6 Å². The molecule has 11 atom stereocenters. The molecule has 0 aromatic heterocycles. The molecule has 0 spiro atoms. The Hall–Kier alpha value is -8.24. The van der Waals surface area contributed by atoms with Crippen molar-refractivity contribution in [3.05, 3.63) is 65.7 Å². The van der Waals surface area contributed by atoms with Crippen molar-refractivity contribution in [2.24, 2.45) is 23.3 Å². The van der Waals surface area contributed by atoms with E-state index in [2.05, 4.69) is 47.9 Å². The van der Waals surface area contributed by atoms with Gasteiger partial charge in [0.15, 0.2) is 0 Å². The molecular formula is C52H76N12O16. The smallest absolute Gasteiger partial charge is 0.326 e. The van der Waals surface area contributed by atoms with E-state index in [0.29, 0.717) is 17.5 Å². The number of rotatable bonds is 30. The van der Waals surface area contributed by atoms with Crippen molar-refractivity contribution < 1.29 is 78.0 Å². The molecule has 17 N–H and O–H groups in total. The number of likely N-dealkylation sites (tertiary alicyclic amines) is 1. The number of aliphatic hydroxyl groups is 2. The van der Waals surface area contributed by atoms with E-state index in [1.807, 2.05) is 0 Å². The number of hydrogen-bond acceptors (Lipinski definition) is 16. The highest BCUT2D eigenvalue weighted by molar-refractivity contribution is 5.99. The molecule has 0 bridgehead atoms. The van der Waals surface area contributed by atoms with Gasteiger partial charge in [-0.05, 0) is 75.1 Å². The quantitative estimate of drug-likeness (QED) is 0.0349. The third-order valence-corrected chi connectivity index (χ3v) is 12.8. The number of nitrogens with zero attached hydrogens (tertiary/aromatic N) is 1. The summed E-state index contributed by atoms with van der Waals surface area (Å²) < 4.78 is 0. The number of phenolic OH excluding ortho intramolecular Hbond substituents is 1. The van der Waals surface area contributed by atoms with E-state index in [4.69, 9.17) is 11.5 Å². The number of nitrogens with one attached hydrogen (secondary N) is 9. The Kier molecular flexibility index (Phi) is 25.9. The predicted molar refractivity (Wildman–Crippen MR) is 284 cm³/mol. The fourth-order valence-electron chi connectivity index (χ4n) is 8.20. The lowest BCUT2D eigenvalue weighted by atomic mass is 10.00. The summed E-state index contributed by atoms with van der Waals surface area (Å²) in [7, 11) is 0. The predicted octanol–water partition coefficient (Wildman–Crippen LogP) is -4.82. The topological polar surface area (TPSA) is 449 Å². The first-order valence-corrected chi connectivity index (χ1v) is 25.9. The molecule has 1 saturated heterocycles. The van der Waals surface area contributed by atoms with Gasteiger partial charge in [-0.25, -0.2) is 4.79 Å². The Labute approximate surface area is 462 Å². The van der Waals surface area contributed by atoms with Crippen molar-refractivity contribution >= 4 is 70.9 Å². The lowest BCUT2D eigenvalue weighted by Gasteiger charge is -2.32. The number of carboxylic acid groups (broad SMARTS) is 1. The van der Waals surface area contributed by atoms with E-state index in [-0.39, 0.29) is 31.6 Å². The van der Waals surface area contributed by atoms with Crippen LogP contribution in [0, 0.1) is 11.8 Å². The Morgan fingerprint density at radius 1 is 0.600 bits per heavy atom. The molecular weight excluding hydrogens is 1050 g/mol.